The zero-order valence-electron chi connectivity index (χ0n) is 16.6. The van der Waals surface area contributed by atoms with Crippen LogP contribution in [0.1, 0.15) is 34.5 Å². The molecule has 1 atom stereocenters. The molecule has 0 spiro atoms. The van der Waals surface area contributed by atoms with Gasteiger partial charge < -0.3 is 20.8 Å². The molecular formula is C19H20Cl2N8OS. The Bertz CT molecular complexity index is 1210. The van der Waals surface area contributed by atoms with Gasteiger partial charge in [-0.25, -0.2) is 15.0 Å². The number of hydrogen-bond acceptors (Lipinski definition) is 9. The Labute approximate surface area is 192 Å². The van der Waals surface area contributed by atoms with Crippen molar-refractivity contribution in [1.82, 2.24) is 29.7 Å². The number of nitrogens with two attached hydrogens (primary N) is 2. The quantitative estimate of drug-likeness (QED) is 0.365. The van der Waals surface area contributed by atoms with Gasteiger partial charge in [0.15, 0.2) is 11.5 Å². The van der Waals surface area contributed by atoms with Gasteiger partial charge >= 0.3 is 0 Å². The summed E-state index contributed by atoms with van der Waals surface area (Å²) < 4.78 is 7.85. The number of rotatable bonds is 8. The summed E-state index contributed by atoms with van der Waals surface area (Å²) in [6.07, 6.45) is 4.51. The summed E-state index contributed by atoms with van der Waals surface area (Å²) in [5.41, 5.74) is 13.9. The number of ether oxygens (including phenoxy) is 1. The van der Waals surface area contributed by atoms with E-state index < -0.39 is 0 Å². The molecule has 0 aliphatic rings. The largest absolute Gasteiger partial charge is 0.493 e. The minimum Gasteiger partial charge on any atom is -0.493 e. The lowest BCUT2D eigenvalue weighted by Crippen LogP contribution is -2.12. The van der Waals surface area contributed by atoms with Crippen molar-refractivity contribution in [3.63, 3.8) is 0 Å². The molecule has 31 heavy (non-hydrogen) atoms. The first-order valence-electron chi connectivity index (χ1n) is 9.50. The highest BCUT2D eigenvalue weighted by Gasteiger charge is 2.16. The van der Waals surface area contributed by atoms with Crippen LogP contribution in [-0.4, -0.2) is 36.3 Å². The number of nitrogens with zero attached hydrogens (tertiary/aromatic N) is 6. The molecule has 0 aliphatic heterocycles. The standard InChI is InChI=1S/C19H20Cl2N8OS/c1-10-27-28-19(31-10)13(22)3-2-6-30-14-5-4-12(20)15(21)11(14)7-29-9-26-16-17(23)24-8-25-18(16)29/h4-5,8-9,13H,2-3,6-7,22H2,1H3,(H2,23,24,25). The second kappa shape index (κ2) is 9.31. The number of halogens is 2. The zero-order valence-corrected chi connectivity index (χ0v) is 19.0. The maximum atomic E-state index is 6.51. The fourth-order valence-corrected chi connectivity index (χ4v) is 4.24. The number of anilines is 1. The third-order valence-electron chi connectivity index (χ3n) is 4.69. The van der Waals surface area contributed by atoms with E-state index in [9.17, 15) is 0 Å². The third-order valence-corrected chi connectivity index (χ3v) is 6.50. The molecule has 0 bridgehead atoms. The first kappa shape index (κ1) is 21.7. The van der Waals surface area contributed by atoms with Crippen LogP contribution in [0.25, 0.3) is 11.2 Å². The number of nitrogen functional groups attached to an aromatic ring is 1. The van der Waals surface area contributed by atoms with Crippen LogP contribution < -0.4 is 16.2 Å². The van der Waals surface area contributed by atoms with Crippen molar-refractivity contribution < 1.29 is 4.74 Å². The van der Waals surface area contributed by atoms with E-state index in [0.29, 0.717) is 45.9 Å². The van der Waals surface area contributed by atoms with Gasteiger partial charge in [0, 0.05) is 5.56 Å². The molecular weight excluding hydrogens is 459 g/mol. The van der Waals surface area contributed by atoms with Crippen LogP contribution in [0.5, 0.6) is 5.75 Å². The molecule has 1 aromatic carbocycles. The number of benzene rings is 1. The summed E-state index contributed by atoms with van der Waals surface area (Å²) in [5, 5.41) is 10.7. The van der Waals surface area contributed by atoms with E-state index in [2.05, 4.69) is 25.1 Å². The number of aryl methyl sites for hydroxylation is 1. The number of fused-ring (bicyclic) bond motifs is 1. The van der Waals surface area contributed by atoms with E-state index in [1.54, 1.807) is 18.5 Å². The molecule has 3 heterocycles. The summed E-state index contributed by atoms with van der Waals surface area (Å²) in [5.74, 6) is 0.956. The van der Waals surface area contributed by atoms with Gasteiger partial charge in [0.05, 0.1) is 35.6 Å². The fourth-order valence-electron chi connectivity index (χ4n) is 3.11. The molecule has 4 rings (SSSR count). The molecule has 162 valence electrons. The van der Waals surface area contributed by atoms with Crippen LogP contribution in [0.15, 0.2) is 24.8 Å². The van der Waals surface area contributed by atoms with Crippen LogP contribution >= 0.6 is 34.5 Å². The summed E-state index contributed by atoms with van der Waals surface area (Å²) in [6.45, 7) is 2.74. The van der Waals surface area contributed by atoms with E-state index in [0.717, 1.165) is 28.4 Å². The minimum atomic E-state index is -0.162. The molecule has 0 amide bonds. The molecule has 1 unspecified atom stereocenters. The van der Waals surface area contributed by atoms with Gasteiger partial charge in [-0.2, -0.15) is 0 Å². The average molecular weight is 479 g/mol. The molecule has 0 saturated carbocycles. The van der Waals surface area contributed by atoms with Crippen LogP contribution in [0.2, 0.25) is 10.0 Å². The Hall–Kier alpha value is -2.53. The summed E-state index contributed by atoms with van der Waals surface area (Å²) in [4.78, 5) is 12.5. The van der Waals surface area contributed by atoms with Gasteiger partial charge in [-0.3, -0.25) is 0 Å². The predicted octanol–water partition coefficient (Wildman–Crippen LogP) is 3.78. The smallest absolute Gasteiger partial charge is 0.165 e. The number of imidazole rings is 1. The highest BCUT2D eigenvalue weighted by molar-refractivity contribution is 7.11. The molecule has 0 aliphatic carbocycles. The van der Waals surface area contributed by atoms with Crippen molar-refractivity contribution in [3.8, 4) is 5.75 Å². The van der Waals surface area contributed by atoms with Crippen LogP contribution in [-0.2, 0) is 6.54 Å². The highest BCUT2D eigenvalue weighted by atomic mass is 35.5. The lowest BCUT2D eigenvalue weighted by molar-refractivity contribution is 0.298. The molecule has 0 fully saturated rings. The van der Waals surface area contributed by atoms with Gasteiger partial charge in [0.2, 0.25) is 0 Å². The van der Waals surface area contributed by atoms with Crippen molar-refractivity contribution in [2.45, 2.75) is 32.4 Å². The van der Waals surface area contributed by atoms with Crippen molar-refractivity contribution in [1.29, 1.82) is 0 Å². The van der Waals surface area contributed by atoms with Gasteiger partial charge in [-0.15, -0.1) is 21.5 Å². The fraction of sp³-hybridized carbons (Fsp3) is 0.316. The Kier molecular flexibility index (Phi) is 6.51. The van der Waals surface area contributed by atoms with Gasteiger partial charge in [0.1, 0.15) is 27.6 Å². The van der Waals surface area contributed by atoms with Crippen molar-refractivity contribution in [2.75, 3.05) is 12.3 Å². The topological polar surface area (TPSA) is 131 Å². The third kappa shape index (κ3) is 4.72. The lowest BCUT2D eigenvalue weighted by atomic mass is 10.1. The molecule has 0 saturated heterocycles. The van der Waals surface area contributed by atoms with E-state index in [1.165, 1.54) is 17.7 Å². The monoisotopic (exact) mass is 478 g/mol. The van der Waals surface area contributed by atoms with Gasteiger partial charge in [0.25, 0.3) is 0 Å². The first-order chi connectivity index (χ1) is 14.9. The highest BCUT2D eigenvalue weighted by Crippen LogP contribution is 2.34. The SMILES string of the molecule is Cc1nnc(C(N)CCCOc2ccc(Cl)c(Cl)c2Cn2cnc3c(N)ncnc32)s1. The van der Waals surface area contributed by atoms with Crippen molar-refractivity contribution >= 4 is 51.5 Å². The van der Waals surface area contributed by atoms with Gasteiger partial charge in [-0.05, 0) is 31.9 Å². The second-order valence-electron chi connectivity index (χ2n) is 6.90. The molecule has 4 aromatic rings. The van der Waals surface area contributed by atoms with Crippen molar-refractivity contribution in [2.24, 2.45) is 5.73 Å². The van der Waals surface area contributed by atoms with Crippen molar-refractivity contribution in [3.05, 3.63) is 50.4 Å². The molecule has 9 nitrogen and oxygen atoms in total. The van der Waals surface area contributed by atoms with Gasteiger partial charge in [-0.1, -0.05) is 23.2 Å². The number of aromatic nitrogens is 6. The Morgan fingerprint density at radius 2 is 2.03 bits per heavy atom. The average Bonchev–Trinajstić information content (AvgIpc) is 3.37. The summed E-state index contributed by atoms with van der Waals surface area (Å²) in [6, 6.07) is 3.36. The number of hydrogen-bond donors (Lipinski definition) is 2. The Morgan fingerprint density at radius 3 is 2.81 bits per heavy atom. The predicted molar refractivity (Wildman–Crippen MR) is 122 cm³/mol. The minimum absolute atomic E-state index is 0.162. The van der Waals surface area contributed by atoms with E-state index in [4.69, 9.17) is 39.4 Å². The normalized spacial score (nSPS) is 12.4. The van der Waals surface area contributed by atoms with Crippen LogP contribution in [0, 0.1) is 6.92 Å². The van der Waals surface area contributed by atoms with E-state index in [1.807, 2.05) is 11.5 Å². The molecule has 3 aromatic heterocycles. The van der Waals surface area contributed by atoms with Crippen LogP contribution in [0.4, 0.5) is 5.82 Å². The first-order valence-corrected chi connectivity index (χ1v) is 11.1. The summed E-state index contributed by atoms with van der Waals surface area (Å²) in [7, 11) is 0. The van der Waals surface area contributed by atoms with E-state index in [-0.39, 0.29) is 6.04 Å². The van der Waals surface area contributed by atoms with E-state index >= 15 is 0 Å². The Balaban J connectivity index is 1.47. The summed E-state index contributed by atoms with van der Waals surface area (Å²) >= 11 is 14.3. The molecule has 12 heteroatoms. The van der Waals surface area contributed by atoms with Crippen LogP contribution in [0.3, 0.4) is 0 Å². The molecule has 4 N–H and O–H groups in total. The molecule has 0 radical (unpaired) electrons. The maximum Gasteiger partial charge on any atom is 0.165 e. The Morgan fingerprint density at radius 1 is 1.19 bits per heavy atom. The zero-order chi connectivity index (χ0) is 22.0. The lowest BCUT2D eigenvalue weighted by Gasteiger charge is -2.15. The second-order valence-corrected chi connectivity index (χ2v) is 8.90. The maximum absolute atomic E-state index is 6.51.